The van der Waals surface area contributed by atoms with Gasteiger partial charge in [0.15, 0.2) is 0 Å². The second kappa shape index (κ2) is 7.53. The van der Waals surface area contributed by atoms with Crippen LogP contribution in [0.5, 0.6) is 0 Å². The largest absolute Gasteiger partial charge is 0.462 e. The molecule has 0 atom stereocenters. The van der Waals surface area contributed by atoms with Gasteiger partial charge in [0, 0.05) is 10.7 Å². The summed E-state index contributed by atoms with van der Waals surface area (Å²) in [6, 6.07) is 6.28. The number of hydrogen-bond acceptors (Lipinski definition) is 5. The smallest absolute Gasteiger partial charge is 0.338 e. The third-order valence-electron chi connectivity index (χ3n) is 2.07. The monoisotopic (exact) mass is 283 g/mol. The van der Waals surface area contributed by atoms with Crippen LogP contribution in [0, 0.1) is 5.41 Å². The van der Waals surface area contributed by atoms with Gasteiger partial charge in [-0.3, -0.25) is 4.79 Å². The molecule has 0 aliphatic rings. The molecule has 0 amide bonds. The fourth-order valence-electron chi connectivity index (χ4n) is 1.23. The molecule has 0 fully saturated rings. The molecule has 0 aliphatic carbocycles. The van der Waals surface area contributed by atoms with E-state index in [1.165, 1.54) is 6.92 Å². The zero-order valence-corrected chi connectivity index (χ0v) is 11.2. The van der Waals surface area contributed by atoms with Gasteiger partial charge in [0.05, 0.1) is 12.0 Å². The van der Waals surface area contributed by atoms with Gasteiger partial charge in [0.1, 0.15) is 13.2 Å². The van der Waals surface area contributed by atoms with Gasteiger partial charge in [-0.05, 0) is 31.2 Å². The lowest BCUT2D eigenvalue weighted by atomic mass is 10.2. The van der Waals surface area contributed by atoms with Gasteiger partial charge in [0.25, 0.3) is 0 Å². The fourth-order valence-corrected chi connectivity index (χ4v) is 1.35. The van der Waals surface area contributed by atoms with Gasteiger partial charge in [-0.25, -0.2) is 4.79 Å². The van der Waals surface area contributed by atoms with E-state index in [1.54, 1.807) is 24.3 Å². The number of benzene rings is 1. The number of nitrogens with one attached hydrogen (secondary N) is 1. The highest BCUT2D eigenvalue weighted by atomic mass is 35.5. The van der Waals surface area contributed by atoms with Gasteiger partial charge in [-0.1, -0.05) is 11.6 Å². The maximum Gasteiger partial charge on any atom is 0.338 e. The Morgan fingerprint density at radius 2 is 1.74 bits per heavy atom. The van der Waals surface area contributed by atoms with Crippen molar-refractivity contribution in [3.63, 3.8) is 0 Å². The van der Waals surface area contributed by atoms with E-state index in [1.807, 2.05) is 0 Å². The maximum atomic E-state index is 11.5. The molecule has 0 aliphatic heterocycles. The van der Waals surface area contributed by atoms with E-state index in [0.29, 0.717) is 10.6 Å². The highest BCUT2D eigenvalue weighted by Gasteiger charge is 2.08. The molecular formula is C13H14ClNO4. The molecule has 102 valence electrons. The summed E-state index contributed by atoms with van der Waals surface area (Å²) in [5.74, 6) is -1.01. The van der Waals surface area contributed by atoms with Crippen molar-refractivity contribution in [3.05, 3.63) is 34.9 Å². The topological polar surface area (TPSA) is 76.5 Å². The van der Waals surface area contributed by atoms with Crippen LogP contribution >= 0.6 is 11.6 Å². The van der Waals surface area contributed by atoms with Crippen LogP contribution in [0.15, 0.2) is 24.3 Å². The maximum absolute atomic E-state index is 11.5. The first-order valence-electron chi connectivity index (χ1n) is 5.61. The van der Waals surface area contributed by atoms with Gasteiger partial charge < -0.3 is 14.9 Å². The highest BCUT2D eigenvalue weighted by molar-refractivity contribution is 6.30. The number of carbonyl (C=O) groups excluding carboxylic acids is 2. The van der Waals surface area contributed by atoms with Crippen molar-refractivity contribution in [3.8, 4) is 0 Å². The third-order valence-corrected chi connectivity index (χ3v) is 2.32. The molecule has 1 rings (SSSR count). The molecule has 0 aromatic heterocycles. The molecule has 19 heavy (non-hydrogen) atoms. The number of ether oxygens (including phenoxy) is 2. The molecular weight excluding hydrogens is 270 g/mol. The zero-order chi connectivity index (χ0) is 14.3. The van der Waals surface area contributed by atoms with Crippen LogP contribution in [0.4, 0.5) is 0 Å². The fraction of sp³-hybridized carbons (Fsp3) is 0.308. The lowest BCUT2D eigenvalue weighted by Gasteiger charge is -2.06. The highest BCUT2D eigenvalue weighted by Crippen LogP contribution is 2.10. The van der Waals surface area contributed by atoms with Gasteiger partial charge in [-0.15, -0.1) is 0 Å². The Bertz CT molecular complexity index is 470. The third kappa shape index (κ3) is 6.01. The average Bonchev–Trinajstić information content (AvgIpc) is 2.34. The van der Waals surface area contributed by atoms with Crippen molar-refractivity contribution < 1.29 is 19.1 Å². The number of esters is 2. The number of carbonyl (C=O) groups is 2. The quantitative estimate of drug-likeness (QED) is 0.494. The van der Waals surface area contributed by atoms with Crippen molar-refractivity contribution in [1.29, 1.82) is 5.41 Å². The van der Waals surface area contributed by atoms with Crippen LogP contribution in [0.25, 0.3) is 0 Å². The number of rotatable bonds is 6. The van der Waals surface area contributed by atoms with E-state index in [-0.39, 0.29) is 25.3 Å². The molecule has 1 N–H and O–H groups in total. The summed E-state index contributed by atoms with van der Waals surface area (Å²) < 4.78 is 9.69. The summed E-state index contributed by atoms with van der Waals surface area (Å²) in [6.45, 7) is 1.47. The molecule has 1 aromatic carbocycles. The van der Waals surface area contributed by atoms with E-state index in [2.05, 4.69) is 0 Å². The SMILES string of the molecule is CC(=N)CC(=O)OCCOC(=O)c1ccc(Cl)cc1. The minimum Gasteiger partial charge on any atom is -0.462 e. The summed E-state index contributed by atoms with van der Waals surface area (Å²) in [7, 11) is 0. The molecule has 0 unspecified atom stereocenters. The van der Waals surface area contributed by atoms with E-state index in [9.17, 15) is 9.59 Å². The summed E-state index contributed by atoms with van der Waals surface area (Å²) in [4.78, 5) is 22.6. The number of hydrogen-bond donors (Lipinski definition) is 1. The first-order valence-corrected chi connectivity index (χ1v) is 5.99. The van der Waals surface area contributed by atoms with E-state index < -0.39 is 11.9 Å². The van der Waals surface area contributed by atoms with Crippen LogP contribution in [-0.4, -0.2) is 30.9 Å². The van der Waals surface area contributed by atoms with Crippen LogP contribution in [0.3, 0.4) is 0 Å². The molecule has 6 heteroatoms. The number of halogens is 1. The Balaban J connectivity index is 2.26. The standard InChI is InChI=1S/C13H14ClNO4/c1-9(15)8-12(16)18-6-7-19-13(17)10-2-4-11(14)5-3-10/h2-5,15H,6-8H2,1H3. The molecule has 0 saturated heterocycles. The summed E-state index contributed by atoms with van der Waals surface area (Å²) in [5, 5.41) is 7.64. The second-order valence-electron chi connectivity index (χ2n) is 3.82. The van der Waals surface area contributed by atoms with E-state index >= 15 is 0 Å². The lowest BCUT2D eigenvalue weighted by Crippen LogP contribution is -2.15. The van der Waals surface area contributed by atoms with Gasteiger partial charge in [-0.2, -0.15) is 0 Å². The zero-order valence-electron chi connectivity index (χ0n) is 10.4. The summed E-state index contributed by atoms with van der Waals surface area (Å²) in [6.07, 6.45) is -0.0505. The Labute approximate surface area is 116 Å². The predicted octanol–water partition coefficient (Wildman–Crippen LogP) is 2.47. The predicted molar refractivity (Wildman–Crippen MR) is 70.7 cm³/mol. The first kappa shape index (κ1) is 15.2. The lowest BCUT2D eigenvalue weighted by molar-refractivity contribution is -0.143. The van der Waals surface area contributed by atoms with Crippen molar-refractivity contribution in [1.82, 2.24) is 0 Å². The Morgan fingerprint density at radius 3 is 2.32 bits per heavy atom. The molecule has 0 spiro atoms. The molecule has 0 saturated carbocycles. The van der Waals surface area contributed by atoms with Crippen molar-refractivity contribution in [2.75, 3.05) is 13.2 Å². The Kier molecular flexibility index (Phi) is 6.02. The molecule has 0 bridgehead atoms. The summed E-state index contributed by atoms with van der Waals surface area (Å²) >= 11 is 5.69. The van der Waals surface area contributed by atoms with Crippen LogP contribution in [0.1, 0.15) is 23.7 Å². The van der Waals surface area contributed by atoms with Gasteiger partial charge in [0.2, 0.25) is 0 Å². The molecule has 0 heterocycles. The Hall–Kier alpha value is -1.88. The minimum absolute atomic E-state index is 0.0224. The molecule has 0 radical (unpaired) electrons. The van der Waals surface area contributed by atoms with Crippen molar-refractivity contribution >= 4 is 29.3 Å². The first-order chi connectivity index (χ1) is 8.99. The normalized spacial score (nSPS) is 9.79. The average molecular weight is 284 g/mol. The minimum atomic E-state index is -0.505. The van der Waals surface area contributed by atoms with E-state index in [0.717, 1.165) is 0 Å². The van der Waals surface area contributed by atoms with Crippen LogP contribution in [-0.2, 0) is 14.3 Å². The molecule has 1 aromatic rings. The van der Waals surface area contributed by atoms with Crippen LogP contribution < -0.4 is 0 Å². The van der Waals surface area contributed by atoms with Gasteiger partial charge >= 0.3 is 11.9 Å². The van der Waals surface area contributed by atoms with Crippen molar-refractivity contribution in [2.45, 2.75) is 13.3 Å². The second-order valence-corrected chi connectivity index (χ2v) is 4.26. The summed E-state index contributed by atoms with van der Waals surface area (Å²) in [5.41, 5.74) is 0.606. The van der Waals surface area contributed by atoms with Crippen LogP contribution in [0.2, 0.25) is 5.02 Å². The van der Waals surface area contributed by atoms with Crippen molar-refractivity contribution in [2.24, 2.45) is 0 Å². The van der Waals surface area contributed by atoms with E-state index in [4.69, 9.17) is 26.5 Å². The molecule has 5 nitrogen and oxygen atoms in total. The Morgan fingerprint density at radius 1 is 1.16 bits per heavy atom.